The second-order valence-electron chi connectivity index (χ2n) is 9.35. The van der Waals surface area contributed by atoms with Crippen molar-refractivity contribution in [2.24, 2.45) is 10.4 Å². The average Bonchev–Trinajstić information content (AvgIpc) is 3.32. The minimum absolute atomic E-state index is 0.582. The first-order valence-electron chi connectivity index (χ1n) is 12.0. The van der Waals surface area contributed by atoms with Crippen LogP contribution in [0, 0.1) is 5.41 Å². The van der Waals surface area contributed by atoms with Gasteiger partial charge >= 0.3 is 0 Å². The lowest BCUT2D eigenvalue weighted by molar-refractivity contribution is 0.226. The molecule has 7 heteroatoms. The van der Waals surface area contributed by atoms with Gasteiger partial charge in [0.1, 0.15) is 10.8 Å². The van der Waals surface area contributed by atoms with Gasteiger partial charge < -0.3 is 10.6 Å². The average molecular weight is 492 g/mol. The molecule has 1 spiro atoms. The molecule has 0 atom stereocenters. The Kier molecular flexibility index (Phi) is 7.07. The molecule has 2 aromatic carbocycles. The third-order valence-corrected chi connectivity index (χ3v) is 8.66. The van der Waals surface area contributed by atoms with Crippen molar-refractivity contribution in [2.75, 3.05) is 23.7 Å². The van der Waals surface area contributed by atoms with Gasteiger partial charge in [-0.2, -0.15) is 0 Å². The number of nitrogens with two attached hydrogens (primary N) is 1. The SMILES string of the molecule is Nc1ccc(Sc2cnc(N3CCC4(CCCC4)CC3)cn2)c(Cl)c1C=NCc1ccccc1. The van der Waals surface area contributed by atoms with Gasteiger partial charge in [-0.25, -0.2) is 9.97 Å². The van der Waals surface area contributed by atoms with Gasteiger partial charge in [0.15, 0.2) is 0 Å². The van der Waals surface area contributed by atoms with Gasteiger partial charge in [0.2, 0.25) is 0 Å². The highest BCUT2D eigenvalue weighted by Gasteiger charge is 2.37. The predicted molar refractivity (Wildman–Crippen MR) is 142 cm³/mol. The summed E-state index contributed by atoms with van der Waals surface area (Å²) < 4.78 is 0. The Balaban J connectivity index is 1.24. The summed E-state index contributed by atoms with van der Waals surface area (Å²) in [5, 5.41) is 1.40. The van der Waals surface area contributed by atoms with Crippen molar-refractivity contribution < 1.29 is 0 Å². The van der Waals surface area contributed by atoms with Crippen LogP contribution in [-0.2, 0) is 6.54 Å². The van der Waals surface area contributed by atoms with Crippen LogP contribution in [0.5, 0.6) is 0 Å². The van der Waals surface area contributed by atoms with E-state index < -0.39 is 0 Å². The monoisotopic (exact) mass is 491 g/mol. The van der Waals surface area contributed by atoms with Crippen molar-refractivity contribution in [1.82, 2.24) is 9.97 Å². The van der Waals surface area contributed by atoms with E-state index in [4.69, 9.17) is 22.3 Å². The Morgan fingerprint density at radius 2 is 1.76 bits per heavy atom. The van der Waals surface area contributed by atoms with E-state index in [9.17, 15) is 0 Å². The fraction of sp³-hybridized carbons (Fsp3) is 0.370. The van der Waals surface area contributed by atoms with Crippen LogP contribution in [-0.4, -0.2) is 29.3 Å². The van der Waals surface area contributed by atoms with Gasteiger partial charge in [-0.15, -0.1) is 0 Å². The first-order valence-corrected chi connectivity index (χ1v) is 13.2. The highest BCUT2D eigenvalue weighted by molar-refractivity contribution is 7.99. The highest BCUT2D eigenvalue weighted by atomic mass is 35.5. The molecule has 176 valence electrons. The van der Waals surface area contributed by atoms with E-state index in [1.165, 1.54) is 50.3 Å². The molecule has 0 radical (unpaired) electrons. The van der Waals surface area contributed by atoms with Gasteiger partial charge in [0.05, 0.1) is 24.0 Å². The molecule has 2 aliphatic rings. The fourth-order valence-corrected chi connectivity index (χ4v) is 6.21. The second kappa shape index (κ2) is 10.4. The molecule has 1 aliphatic carbocycles. The van der Waals surface area contributed by atoms with Crippen LogP contribution in [0.1, 0.15) is 49.7 Å². The van der Waals surface area contributed by atoms with E-state index >= 15 is 0 Å². The predicted octanol–water partition coefficient (Wildman–Crippen LogP) is 6.64. The van der Waals surface area contributed by atoms with Crippen LogP contribution < -0.4 is 10.6 Å². The molecule has 3 aromatic rings. The molecule has 0 unspecified atom stereocenters. The van der Waals surface area contributed by atoms with Gasteiger partial charge in [-0.3, -0.25) is 4.99 Å². The van der Waals surface area contributed by atoms with Crippen LogP contribution >= 0.6 is 23.4 Å². The molecule has 1 saturated carbocycles. The zero-order valence-corrected chi connectivity index (χ0v) is 20.9. The van der Waals surface area contributed by atoms with Crippen LogP contribution in [0.15, 0.2) is 69.8 Å². The van der Waals surface area contributed by atoms with E-state index in [-0.39, 0.29) is 0 Å². The smallest absolute Gasteiger partial charge is 0.147 e. The van der Waals surface area contributed by atoms with Crippen LogP contribution in [0.2, 0.25) is 5.02 Å². The summed E-state index contributed by atoms with van der Waals surface area (Å²) in [7, 11) is 0. The molecule has 1 aliphatic heterocycles. The largest absolute Gasteiger partial charge is 0.398 e. The Morgan fingerprint density at radius 3 is 2.47 bits per heavy atom. The zero-order chi connectivity index (χ0) is 23.4. The molecule has 5 nitrogen and oxygen atoms in total. The number of halogens is 1. The molecular weight excluding hydrogens is 462 g/mol. The Labute approximate surface area is 210 Å². The first-order chi connectivity index (χ1) is 16.6. The summed E-state index contributed by atoms with van der Waals surface area (Å²) in [4.78, 5) is 17.2. The molecule has 34 heavy (non-hydrogen) atoms. The normalized spacial score (nSPS) is 17.6. The van der Waals surface area contributed by atoms with E-state index in [0.29, 0.717) is 22.7 Å². The van der Waals surface area contributed by atoms with Crippen molar-refractivity contribution in [1.29, 1.82) is 0 Å². The number of hydrogen-bond acceptors (Lipinski definition) is 6. The lowest BCUT2D eigenvalue weighted by Crippen LogP contribution is -2.39. The van der Waals surface area contributed by atoms with E-state index in [0.717, 1.165) is 40.0 Å². The Bertz CT molecular complexity index is 1130. The summed E-state index contributed by atoms with van der Waals surface area (Å²) in [6, 6.07) is 13.9. The number of aliphatic imine (C=N–C) groups is 1. The molecule has 5 rings (SSSR count). The van der Waals surface area contributed by atoms with Gasteiger partial charge in [-0.1, -0.05) is 66.5 Å². The summed E-state index contributed by atoms with van der Waals surface area (Å²) in [5.74, 6) is 0.967. The zero-order valence-electron chi connectivity index (χ0n) is 19.3. The number of nitrogen functional groups attached to an aromatic ring is 1. The molecule has 1 aromatic heterocycles. The van der Waals surface area contributed by atoms with Crippen molar-refractivity contribution in [3.63, 3.8) is 0 Å². The van der Waals surface area contributed by atoms with Crippen LogP contribution in [0.25, 0.3) is 0 Å². The summed E-state index contributed by atoms with van der Waals surface area (Å²) >= 11 is 8.21. The highest BCUT2D eigenvalue weighted by Crippen LogP contribution is 2.46. The van der Waals surface area contributed by atoms with E-state index in [2.05, 4.69) is 14.9 Å². The number of hydrogen-bond donors (Lipinski definition) is 1. The molecule has 0 bridgehead atoms. The number of rotatable bonds is 6. The number of nitrogens with zero attached hydrogens (tertiary/aromatic N) is 4. The molecule has 2 fully saturated rings. The number of benzene rings is 2. The second-order valence-corrected chi connectivity index (χ2v) is 10.8. The van der Waals surface area contributed by atoms with Crippen molar-refractivity contribution in [3.05, 3.63) is 71.0 Å². The van der Waals surface area contributed by atoms with Crippen LogP contribution in [0.3, 0.4) is 0 Å². The third kappa shape index (κ3) is 5.23. The first kappa shape index (κ1) is 23.2. The van der Waals surface area contributed by atoms with Crippen molar-refractivity contribution in [3.8, 4) is 0 Å². The Hall–Kier alpha value is -2.57. The summed E-state index contributed by atoms with van der Waals surface area (Å²) in [5.41, 5.74) is 9.28. The maximum absolute atomic E-state index is 6.71. The minimum atomic E-state index is 0.582. The fourth-order valence-electron chi connectivity index (χ4n) is 5.10. The van der Waals surface area contributed by atoms with Gasteiger partial charge in [0, 0.05) is 35.5 Å². The quantitative estimate of drug-likeness (QED) is 0.309. The topological polar surface area (TPSA) is 67.4 Å². The summed E-state index contributed by atoms with van der Waals surface area (Å²) in [6.07, 6.45) is 13.7. The number of anilines is 2. The Morgan fingerprint density at radius 1 is 1.00 bits per heavy atom. The molecule has 2 N–H and O–H groups in total. The van der Waals surface area contributed by atoms with Crippen molar-refractivity contribution in [2.45, 2.75) is 55.0 Å². The maximum atomic E-state index is 6.71. The van der Waals surface area contributed by atoms with Gasteiger partial charge in [0.25, 0.3) is 0 Å². The standard InChI is InChI=1S/C27H30ClN5S/c28-26-21(17-30-16-20-6-2-1-3-7-20)22(29)8-9-23(26)34-25-19-31-24(18-32-25)33-14-12-27(13-15-33)10-4-5-11-27/h1-3,6-9,17-19H,4-5,10-16,29H2. The molecule has 0 amide bonds. The van der Waals surface area contributed by atoms with E-state index in [1.54, 1.807) is 6.21 Å². The minimum Gasteiger partial charge on any atom is -0.398 e. The molecule has 2 heterocycles. The number of aromatic nitrogens is 2. The van der Waals surface area contributed by atoms with E-state index in [1.807, 2.05) is 54.9 Å². The van der Waals surface area contributed by atoms with Gasteiger partial charge in [-0.05, 0) is 48.8 Å². The lowest BCUT2D eigenvalue weighted by atomic mass is 9.77. The third-order valence-electron chi connectivity index (χ3n) is 7.16. The van der Waals surface area contributed by atoms with Crippen LogP contribution in [0.4, 0.5) is 11.5 Å². The lowest BCUT2D eigenvalue weighted by Gasteiger charge is -2.39. The summed E-state index contributed by atoms with van der Waals surface area (Å²) in [6.45, 7) is 2.74. The molecule has 1 saturated heterocycles. The van der Waals surface area contributed by atoms with Crippen molar-refractivity contribution >= 4 is 41.1 Å². The maximum Gasteiger partial charge on any atom is 0.147 e. The number of piperidine rings is 1. The molecular formula is C27H30ClN5S.